The lowest BCUT2D eigenvalue weighted by atomic mass is 10.1. The van der Waals surface area contributed by atoms with Gasteiger partial charge in [0.1, 0.15) is 5.69 Å². The number of amides is 1. The molecule has 1 aromatic heterocycles. The van der Waals surface area contributed by atoms with Gasteiger partial charge in [0.25, 0.3) is 5.91 Å². The summed E-state index contributed by atoms with van der Waals surface area (Å²) in [6.07, 6.45) is 4.20. The van der Waals surface area contributed by atoms with Crippen molar-refractivity contribution >= 4 is 22.8 Å². The Morgan fingerprint density at radius 2 is 1.92 bits per heavy atom. The minimum atomic E-state index is -0.125. The Morgan fingerprint density at radius 1 is 1.12 bits per heavy atom. The molecule has 0 bridgehead atoms. The molecule has 0 saturated heterocycles. The van der Waals surface area contributed by atoms with Crippen LogP contribution in [0.1, 0.15) is 55.1 Å². The van der Waals surface area contributed by atoms with Gasteiger partial charge < -0.3 is 15.0 Å². The number of aromatic nitrogens is 1. The molecule has 0 fully saturated rings. The van der Waals surface area contributed by atoms with Gasteiger partial charge in [0.15, 0.2) is 0 Å². The van der Waals surface area contributed by atoms with Crippen molar-refractivity contribution in [1.29, 1.82) is 0 Å². The van der Waals surface area contributed by atoms with E-state index in [9.17, 15) is 9.59 Å². The average molecular weight is 330 g/mol. The second kappa shape index (κ2) is 9.11. The normalized spacial score (nSPS) is 10.8. The second-order valence-corrected chi connectivity index (χ2v) is 6.00. The van der Waals surface area contributed by atoms with Crippen molar-refractivity contribution in [3.63, 3.8) is 0 Å². The molecule has 1 aromatic carbocycles. The van der Waals surface area contributed by atoms with E-state index in [0.29, 0.717) is 25.3 Å². The lowest BCUT2D eigenvalue weighted by Gasteiger charge is -2.04. The molecule has 0 spiro atoms. The lowest BCUT2D eigenvalue weighted by Crippen LogP contribution is -2.24. The fraction of sp³-hybridized carbons (Fsp3) is 0.474. The van der Waals surface area contributed by atoms with Crippen LogP contribution >= 0.6 is 0 Å². The third-order valence-electron chi connectivity index (χ3n) is 3.92. The Balaban J connectivity index is 1.65. The molecule has 0 aliphatic rings. The van der Waals surface area contributed by atoms with Gasteiger partial charge in [-0.3, -0.25) is 9.59 Å². The van der Waals surface area contributed by atoms with Crippen LogP contribution in [-0.4, -0.2) is 30.0 Å². The summed E-state index contributed by atoms with van der Waals surface area (Å²) in [5.74, 6) is -0.199. The zero-order chi connectivity index (χ0) is 17.4. The van der Waals surface area contributed by atoms with Crippen LogP contribution in [0, 0.1) is 6.92 Å². The van der Waals surface area contributed by atoms with Gasteiger partial charge in [-0.25, -0.2) is 0 Å². The molecule has 0 aliphatic carbocycles. The molecule has 1 heterocycles. The first-order valence-corrected chi connectivity index (χ1v) is 8.63. The van der Waals surface area contributed by atoms with E-state index in [2.05, 4.69) is 10.3 Å². The molecule has 0 unspecified atom stereocenters. The summed E-state index contributed by atoms with van der Waals surface area (Å²) < 4.78 is 4.88. The standard InChI is InChI=1S/C19H26N2O3/c1-3-24-18(22)8-6-4-5-7-11-20-19(23)17-13-15-10-9-14(2)12-16(15)21-17/h9-10,12-13,21H,3-8,11H2,1-2H3,(H,20,23). The largest absolute Gasteiger partial charge is 0.466 e. The molecule has 5 nitrogen and oxygen atoms in total. The van der Waals surface area contributed by atoms with Crippen LogP contribution in [0.2, 0.25) is 0 Å². The first-order valence-electron chi connectivity index (χ1n) is 8.63. The number of benzene rings is 1. The van der Waals surface area contributed by atoms with E-state index in [1.165, 1.54) is 5.56 Å². The monoisotopic (exact) mass is 330 g/mol. The van der Waals surface area contributed by atoms with Crippen LogP contribution in [0.25, 0.3) is 10.9 Å². The Morgan fingerprint density at radius 3 is 2.71 bits per heavy atom. The Hall–Kier alpha value is -2.30. The van der Waals surface area contributed by atoms with Crippen LogP contribution in [0.3, 0.4) is 0 Å². The van der Waals surface area contributed by atoms with Gasteiger partial charge in [-0.1, -0.05) is 25.0 Å². The number of unbranched alkanes of at least 4 members (excludes halogenated alkanes) is 3. The summed E-state index contributed by atoms with van der Waals surface area (Å²) in [6, 6.07) is 7.97. The molecular formula is C19H26N2O3. The van der Waals surface area contributed by atoms with Crippen LogP contribution in [0.4, 0.5) is 0 Å². The van der Waals surface area contributed by atoms with E-state index < -0.39 is 0 Å². The van der Waals surface area contributed by atoms with Gasteiger partial charge in [0.2, 0.25) is 0 Å². The lowest BCUT2D eigenvalue weighted by molar-refractivity contribution is -0.143. The van der Waals surface area contributed by atoms with Crippen molar-refractivity contribution in [1.82, 2.24) is 10.3 Å². The highest BCUT2D eigenvalue weighted by atomic mass is 16.5. The van der Waals surface area contributed by atoms with Crippen molar-refractivity contribution in [2.45, 2.75) is 46.0 Å². The highest BCUT2D eigenvalue weighted by Crippen LogP contribution is 2.16. The quantitative estimate of drug-likeness (QED) is 0.544. The highest BCUT2D eigenvalue weighted by molar-refractivity contribution is 5.98. The average Bonchev–Trinajstić information content (AvgIpc) is 2.97. The third-order valence-corrected chi connectivity index (χ3v) is 3.92. The van der Waals surface area contributed by atoms with Crippen LogP contribution in [0.5, 0.6) is 0 Å². The molecule has 130 valence electrons. The number of esters is 1. The van der Waals surface area contributed by atoms with Gasteiger partial charge in [0.05, 0.1) is 6.61 Å². The van der Waals surface area contributed by atoms with E-state index in [1.54, 1.807) is 0 Å². The van der Waals surface area contributed by atoms with Gasteiger partial charge in [0, 0.05) is 23.9 Å². The van der Waals surface area contributed by atoms with Gasteiger partial charge >= 0.3 is 5.97 Å². The van der Waals surface area contributed by atoms with Gasteiger partial charge in [-0.05, 0) is 44.4 Å². The van der Waals surface area contributed by atoms with Gasteiger partial charge in [-0.2, -0.15) is 0 Å². The van der Waals surface area contributed by atoms with E-state index in [4.69, 9.17) is 4.74 Å². The van der Waals surface area contributed by atoms with Crippen molar-refractivity contribution in [2.75, 3.05) is 13.2 Å². The summed E-state index contributed by atoms with van der Waals surface area (Å²) in [4.78, 5) is 26.5. The van der Waals surface area contributed by atoms with Crippen LogP contribution in [0.15, 0.2) is 24.3 Å². The van der Waals surface area contributed by atoms with E-state index in [1.807, 2.05) is 38.1 Å². The molecule has 2 rings (SSSR count). The number of nitrogens with one attached hydrogen (secondary N) is 2. The minimum Gasteiger partial charge on any atom is -0.466 e. The third kappa shape index (κ3) is 5.41. The highest BCUT2D eigenvalue weighted by Gasteiger charge is 2.08. The number of carbonyl (C=O) groups is 2. The first kappa shape index (κ1) is 18.0. The number of H-pyrrole nitrogens is 1. The Bertz CT molecular complexity index is 691. The predicted octanol–water partition coefficient (Wildman–Crippen LogP) is 3.72. The van der Waals surface area contributed by atoms with Crippen molar-refractivity contribution in [3.8, 4) is 0 Å². The minimum absolute atomic E-state index is 0.0737. The SMILES string of the molecule is CCOC(=O)CCCCCCNC(=O)c1cc2ccc(C)cc2[nH]1. The molecule has 1 amide bonds. The first-order chi connectivity index (χ1) is 11.6. The fourth-order valence-electron chi connectivity index (χ4n) is 2.64. The topological polar surface area (TPSA) is 71.2 Å². The van der Waals surface area contributed by atoms with E-state index in [0.717, 1.165) is 36.6 Å². The zero-order valence-corrected chi connectivity index (χ0v) is 14.5. The molecule has 24 heavy (non-hydrogen) atoms. The van der Waals surface area contributed by atoms with E-state index >= 15 is 0 Å². The number of carbonyl (C=O) groups excluding carboxylic acids is 2. The maximum Gasteiger partial charge on any atom is 0.305 e. The van der Waals surface area contributed by atoms with Crippen LogP contribution in [-0.2, 0) is 9.53 Å². The number of ether oxygens (including phenoxy) is 1. The Kier molecular flexibility index (Phi) is 6.85. The summed E-state index contributed by atoms with van der Waals surface area (Å²) in [5.41, 5.74) is 2.75. The molecule has 0 atom stereocenters. The maximum atomic E-state index is 12.1. The molecule has 5 heteroatoms. The number of aromatic amines is 1. The summed E-state index contributed by atoms with van der Waals surface area (Å²) in [5, 5.41) is 3.98. The summed E-state index contributed by atoms with van der Waals surface area (Å²) in [6.45, 7) is 4.93. The van der Waals surface area contributed by atoms with Crippen molar-refractivity contribution in [3.05, 3.63) is 35.5 Å². The van der Waals surface area contributed by atoms with Gasteiger partial charge in [-0.15, -0.1) is 0 Å². The maximum absolute atomic E-state index is 12.1. The Labute approximate surface area is 142 Å². The zero-order valence-electron chi connectivity index (χ0n) is 14.5. The molecule has 0 aliphatic heterocycles. The fourth-order valence-corrected chi connectivity index (χ4v) is 2.64. The van der Waals surface area contributed by atoms with Crippen LogP contribution < -0.4 is 5.32 Å². The molecule has 2 aromatic rings. The number of fused-ring (bicyclic) bond motifs is 1. The predicted molar refractivity (Wildman–Crippen MR) is 95.1 cm³/mol. The van der Waals surface area contributed by atoms with Crippen molar-refractivity contribution in [2.24, 2.45) is 0 Å². The number of hydrogen-bond acceptors (Lipinski definition) is 3. The second-order valence-electron chi connectivity index (χ2n) is 6.00. The summed E-state index contributed by atoms with van der Waals surface area (Å²) in [7, 11) is 0. The van der Waals surface area contributed by atoms with Crippen molar-refractivity contribution < 1.29 is 14.3 Å². The molecular weight excluding hydrogens is 304 g/mol. The summed E-state index contributed by atoms with van der Waals surface area (Å²) >= 11 is 0. The number of aryl methyl sites for hydroxylation is 1. The molecule has 2 N–H and O–H groups in total. The number of hydrogen-bond donors (Lipinski definition) is 2. The molecule has 0 saturated carbocycles. The molecule has 0 radical (unpaired) electrons. The number of rotatable bonds is 9. The van der Waals surface area contributed by atoms with E-state index in [-0.39, 0.29) is 11.9 Å². The smallest absolute Gasteiger partial charge is 0.305 e.